The maximum atomic E-state index is 10.3. The van der Waals surface area contributed by atoms with Crippen LogP contribution in [0.3, 0.4) is 0 Å². The first kappa shape index (κ1) is 17.7. The molecule has 0 aliphatic heterocycles. The van der Waals surface area contributed by atoms with E-state index in [-0.39, 0.29) is 12.3 Å². The zero-order valence-corrected chi connectivity index (χ0v) is 10.1. The lowest BCUT2D eigenvalue weighted by atomic mass is 9.94. The topological polar surface area (TPSA) is 138 Å². The lowest BCUT2D eigenvalue weighted by Crippen LogP contribution is -2.19. The second-order valence-electron chi connectivity index (χ2n) is 3.78. The van der Waals surface area contributed by atoms with Gasteiger partial charge in [-0.2, -0.15) is 8.42 Å². The van der Waals surface area contributed by atoms with E-state index in [1.54, 1.807) is 0 Å². The first-order valence-electron chi connectivity index (χ1n) is 4.68. The summed E-state index contributed by atoms with van der Waals surface area (Å²) in [5, 5.41) is 8.47. The van der Waals surface area contributed by atoms with Gasteiger partial charge in [0.25, 0.3) is 0 Å². The number of hydrogen-bond acceptors (Lipinski definition) is 4. The van der Waals surface area contributed by atoms with Crippen molar-refractivity contribution in [3.63, 3.8) is 0 Å². The standard InChI is InChI=1S/C8H17NO2.H2O4S/c1-6(2)3-7(5-9)4-8(10)11;1-5(2,3)4/h6-7H,3-5,9H2,1-2H3,(H,10,11);(H2,1,2,3,4)/t7-;/m0./s1. The molecule has 0 spiro atoms. The molecule has 7 nitrogen and oxygen atoms in total. The van der Waals surface area contributed by atoms with Gasteiger partial charge in [0.05, 0.1) is 0 Å². The van der Waals surface area contributed by atoms with E-state index in [0.29, 0.717) is 12.5 Å². The Balaban J connectivity index is 0. The first-order valence-corrected chi connectivity index (χ1v) is 6.07. The van der Waals surface area contributed by atoms with Crippen LogP contribution in [-0.2, 0) is 15.2 Å². The third-order valence-electron chi connectivity index (χ3n) is 1.60. The van der Waals surface area contributed by atoms with Crippen LogP contribution in [0.25, 0.3) is 0 Å². The molecule has 8 heteroatoms. The molecule has 0 aliphatic carbocycles. The first-order chi connectivity index (χ1) is 7.06. The van der Waals surface area contributed by atoms with E-state index < -0.39 is 16.4 Å². The summed E-state index contributed by atoms with van der Waals surface area (Å²) < 4.78 is 31.6. The quantitative estimate of drug-likeness (QED) is 0.524. The summed E-state index contributed by atoms with van der Waals surface area (Å²) in [5.41, 5.74) is 5.41. The fourth-order valence-corrected chi connectivity index (χ4v) is 1.18. The minimum atomic E-state index is -4.67. The lowest BCUT2D eigenvalue weighted by molar-refractivity contribution is -0.138. The molecule has 0 bridgehead atoms. The minimum absolute atomic E-state index is 0.146. The molecule has 0 radical (unpaired) electrons. The average molecular weight is 257 g/mol. The van der Waals surface area contributed by atoms with Crippen molar-refractivity contribution in [3.05, 3.63) is 0 Å². The Kier molecular flexibility index (Phi) is 9.34. The van der Waals surface area contributed by atoms with E-state index in [0.717, 1.165) is 6.42 Å². The van der Waals surface area contributed by atoms with Gasteiger partial charge in [-0.1, -0.05) is 13.8 Å². The van der Waals surface area contributed by atoms with E-state index in [2.05, 4.69) is 13.8 Å². The molecule has 0 fully saturated rings. The fourth-order valence-electron chi connectivity index (χ4n) is 1.18. The fraction of sp³-hybridized carbons (Fsp3) is 0.875. The van der Waals surface area contributed by atoms with Crippen molar-refractivity contribution in [1.82, 2.24) is 0 Å². The number of hydrogen-bond donors (Lipinski definition) is 4. The highest BCUT2D eigenvalue weighted by Gasteiger charge is 2.12. The van der Waals surface area contributed by atoms with Crippen LogP contribution in [-0.4, -0.2) is 35.1 Å². The van der Waals surface area contributed by atoms with Crippen molar-refractivity contribution in [3.8, 4) is 0 Å². The van der Waals surface area contributed by atoms with E-state index in [4.69, 9.17) is 28.4 Å². The van der Waals surface area contributed by atoms with Gasteiger partial charge in [-0.05, 0) is 24.8 Å². The van der Waals surface area contributed by atoms with E-state index in [1.807, 2.05) is 0 Å². The third-order valence-corrected chi connectivity index (χ3v) is 1.60. The Labute approximate surface area is 95.2 Å². The molecule has 1 atom stereocenters. The van der Waals surface area contributed by atoms with Gasteiger partial charge in [0.15, 0.2) is 0 Å². The summed E-state index contributed by atoms with van der Waals surface area (Å²) in [6.45, 7) is 4.62. The number of carbonyl (C=O) groups is 1. The number of carboxylic acids is 1. The molecule has 0 rings (SSSR count). The summed E-state index contributed by atoms with van der Waals surface area (Å²) in [6, 6.07) is 0. The van der Waals surface area contributed by atoms with E-state index in [1.165, 1.54) is 0 Å². The van der Waals surface area contributed by atoms with E-state index >= 15 is 0 Å². The second-order valence-corrected chi connectivity index (χ2v) is 4.67. The van der Waals surface area contributed by atoms with Crippen molar-refractivity contribution < 1.29 is 27.4 Å². The van der Waals surface area contributed by atoms with Crippen molar-refractivity contribution in [1.29, 1.82) is 0 Å². The molecule has 0 aliphatic rings. The summed E-state index contributed by atoms with van der Waals surface area (Å²) in [6.07, 6.45) is 1.11. The molecule has 0 amide bonds. The Morgan fingerprint density at radius 1 is 1.31 bits per heavy atom. The van der Waals surface area contributed by atoms with Crippen LogP contribution in [0.2, 0.25) is 0 Å². The van der Waals surface area contributed by atoms with Gasteiger partial charge < -0.3 is 10.8 Å². The minimum Gasteiger partial charge on any atom is -0.481 e. The summed E-state index contributed by atoms with van der Waals surface area (Å²) in [7, 11) is -4.67. The van der Waals surface area contributed by atoms with Gasteiger partial charge >= 0.3 is 16.4 Å². The Morgan fingerprint density at radius 2 is 1.69 bits per heavy atom. The van der Waals surface area contributed by atoms with Gasteiger partial charge in [-0.25, -0.2) is 0 Å². The van der Waals surface area contributed by atoms with Gasteiger partial charge in [0.2, 0.25) is 0 Å². The number of aliphatic carboxylic acids is 1. The molecule has 0 saturated carbocycles. The maximum absolute atomic E-state index is 10.3. The summed E-state index contributed by atoms with van der Waals surface area (Å²) in [4.78, 5) is 10.3. The van der Waals surface area contributed by atoms with Crippen molar-refractivity contribution in [2.45, 2.75) is 26.7 Å². The Morgan fingerprint density at radius 3 is 1.88 bits per heavy atom. The van der Waals surface area contributed by atoms with Gasteiger partial charge in [-0.15, -0.1) is 0 Å². The zero-order chi connectivity index (χ0) is 13.4. The molecule has 0 aromatic carbocycles. The highest BCUT2D eigenvalue weighted by Crippen LogP contribution is 2.13. The number of rotatable bonds is 5. The van der Waals surface area contributed by atoms with Gasteiger partial charge in [-0.3, -0.25) is 13.9 Å². The molecule has 5 N–H and O–H groups in total. The molecule has 0 heterocycles. The maximum Gasteiger partial charge on any atom is 0.394 e. The molecule has 0 unspecified atom stereocenters. The van der Waals surface area contributed by atoms with Crippen LogP contribution >= 0.6 is 0 Å². The van der Waals surface area contributed by atoms with Gasteiger partial charge in [0, 0.05) is 6.42 Å². The molecule has 16 heavy (non-hydrogen) atoms. The monoisotopic (exact) mass is 257 g/mol. The Bertz CT molecular complexity index is 279. The van der Waals surface area contributed by atoms with Crippen molar-refractivity contribution in [2.24, 2.45) is 17.6 Å². The average Bonchev–Trinajstić information content (AvgIpc) is 1.97. The summed E-state index contributed by atoms with van der Waals surface area (Å²) >= 11 is 0. The van der Waals surface area contributed by atoms with Crippen LogP contribution < -0.4 is 5.73 Å². The smallest absolute Gasteiger partial charge is 0.394 e. The van der Waals surface area contributed by atoms with Crippen LogP contribution in [0.1, 0.15) is 26.7 Å². The molecule has 0 saturated heterocycles. The highest BCUT2D eigenvalue weighted by atomic mass is 32.3. The number of carboxylic acid groups (broad SMARTS) is 1. The third kappa shape index (κ3) is 23.3. The van der Waals surface area contributed by atoms with Crippen LogP contribution in [0.4, 0.5) is 0 Å². The second kappa shape index (κ2) is 8.45. The summed E-state index contributed by atoms with van der Waals surface area (Å²) in [5.74, 6) is -0.0727. The SMILES string of the molecule is CC(C)C[C@H](CN)CC(=O)O.O=S(=O)(O)O. The Hall–Kier alpha value is -0.700. The molecular weight excluding hydrogens is 238 g/mol. The van der Waals surface area contributed by atoms with Gasteiger partial charge in [0.1, 0.15) is 0 Å². The lowest BCUT2D eigenvalue weighted by Gasteiger charge is -2.13. The van der Waals surface area contributed by atoms with Crippen molar-refractivity contribution >= 4 is 16.4 Å². The van der Waals surface area contributed by atoms with Crippen LogP contribution in [0.15, 0.2) is 0 Å². The van der Waals surface area contributed by atoms with Crippen molar-refractivity contribution in [2.75, 3.05) is 6.54 Å². The van der Waals surface area contributed by atoms with Crippen LogP contribution in [0.5, 0.6) is 0 Å². The van der Waals surface area contributed by atoms with E-state index in [9.17, 15) is 4.79 Å². The molecule has 98 valence electrons. The molecule has 0 aromatic heterocycles. The molecule has 0 aromatic rings. The normalized spacial score (nSPS) is 12.9. The largest absolute Gasteiger partial charge is 0.481 e. The number of nitrogens with two attached hydrogens (primary N) is 1. The predicted octanol–water partition coefficient (Wildman–Crippen LogP) is 0.429. The molecular formula is C8H19NO6S. The zero-order valence-electron chi connectivity index (χ0n) is 9.33. The van der Waals surface area contributed by atoms with Crippen LogP contribution in [0, 0.1) is 11.8 Å². The predicted molar refractivity (Wildman–Crippen MR) is 58.4 cm³/mol. The highest BCUT2D eigenvalue weighted by molar-refractivity contribution is 7.79.